The van der Waals surface area contributed by atoms with E-state index < -0.39 is 11.8 Å². The smallest absolute Gasteiger partial charge is 0.309 e. The number of likely N-dealkylation sites (N-methyl/N-ethyl adjacent to an activating group) is 1. The van der Waals surface area contributed by atoms with Crippen LogP contribution in [0.25, 0.3) is 0 Å². The molecule has 1 aromatic rings. The van der Waals surface area contributed by atoms with Crippen molar-refractivity contribution >= 4 is 17.5 Å². The monoisotopic (exact) mass is 389 g/mol. The van der Waals surface area contributed by atoms with Gasteiger partial charge in [0.05, 0.1) is 6.04 Å². The minimum absolute atomic E-state index is 0.0479. The molecule has 7 heteroatoms. The Morgan fingerprint density at radius 1 is 0.964 bits per heavy atom. The minimum atomic E-state index is -0.565. The van der Waals surface area contributed by atoms with E-state index in [9.17, 15) is 9.59 Å². The molecule has 1 aromatic carbocycles. The summed E-state index contributed by atoms with van der Waals surface area (Å²) in [6, 6.07) is 8.46. The van der Waals surface area contributed by atoms with Crippen LogP contribution in [0.15, 0.2) is 24.3 Å². The maximum absolute atomic E-state index is 12.2. The van der Waals surface area contributed by atoms with Crippen molar-refractivity contribution in [3.63, 3.8) is 0 Å². The van der Waals surface area contributed by atoms with Crippen LogP contribution < -0.4 is 15.5 Å². The second-order valence-corrected chi connectivity index (χ2v) is 8.15. The summed E-state index contributed by atoms with van der Waals surface area (Å²) < 4.78 is 0. The average Bonchev–Trinajstić information content (AvgIpc) is 2.67. The van der Waals surface area contributed by atoms with Gasteiger partial charge in [-0.2, -0.15) is 0 Å². The Morgan fingerprint density at radius 2 is 1.50 bits per heavy atom. The van der Waals surface area contributed by atoms with E-state index in [0.29, 0.717) is 19.0 Å². The molecule has 0 radical (unpaired) electrons. The minimum Gasteiger partial charge on any atom is -0.378 e. The molecule has 28 heavy (non-hydrogen) atoms. The summed E-state index contributed by atoms with van der Waals surface area (Å²) in [6.45, 7) is 8.78. The fraction of sp³-hybridized carbons (Fsp3) is 0.619. The van der Waals surface area contributed by atoms with Crippen LogP contribution in [0.3, 0.4) is 0 Å². The quantitative estimate of drug-likeness (QED) is 0.679. The SMILES string of the molecule is CC(C)CNC(=O)C(=O)NCC(c1ccc(N(C)C)cc1)N1CCN(C)CC1. The Kier molecular flexibility index (Phi) is 8.26. The van der Waals surface area contributed by atoms with Crippen LogP contribution in [0.4, 0.5) is 5.69 Å². The van der Waals surface area contributed by atoms with Gasteiger partial charge in [0.25, 0.3) is 0 Å². The summed E-state index contributed by atoms with van der Waals surface area (Å²) in [6.07, 6.45) is 0. The largest absolute Gasteiger partial charge is 0.378 e. The summed E-state index contributed by atoms with van der Waals surface area (Å²) in [4.78, 5) is 31.0. The van der Waals surface area contributed by atoms with Gasteiger partial charge in [-0.05, 0) is 30.7 Å². The molecule has 0 aliphatic carbocycles. The second-order valence-electron chi connectivity index (χ2n) is 8.15. The maximum Gasteiger partial charge on any atom is 0.309 e. The number of amides is 2. The van der Waals surface area contributed by atoms with Gasteiger partial charge in [-0.3, -0.25) is 14.5 Å². The van der Waals surface area contributed by atoms with Crippen LogP contribution in [-0.2, 0) is 9.59 Å². The Hall–Kier alpha value is -2.12. The normalized spacial score (nSPS) is 16.6. The highest BCUT2D eigenvalue weighted by molar-refractivity contribution is 6.35. The zero-order chi connectivity index (χ0) is 20.7. The van der Waals surface area contributed by atoms with Gasteiger partial charge in [-0.15, -0.1) is 0 Å². The van der Waals surface area contributed by atoms with Crippen molar-refractivity contribution in [3.8, 4) is 0 Å². The van der Waals surface area contributed by atoms with Gasteiger partial charge < -0.3 is 20.4 Å². The van der Waals surface area contributed by atoms with Crippen molar-refractivity contribution in [1.29, 1.82) is 0 Å². The van der Waals surface area contributed by atoms with E-state index in [1.54, 1.807) is 0 Å². The third-order valence-corrected chi connectivity index (χ3v) is 5.11. The van der Waals surface area contributed by atoms with Gasteiger partial charge in [0.15, 0.2) is 0 Å². The molecule has 1 saturated heterocycles. The third-order valence-electron chi connectivity index (χ3n) is 5.11. The number of nitrogens with one attached hydrogen (secondary N) is 2. The Balaban J connectivity index is 2.06. The predicted octanol–water partition coefficient (Wildman–Crippen LogP) is 0.930. The van der Waals surface area contributed by atoms with Gasteiger partial charge >= 0.3 is 11.8 Å². The van der Waals surface area contributed by atoms with Crippen molar-refractivity contribution in [3.05, 3.63) is 29.8 Å². The molecule has 1 fully saturated rings. The molecule has 1 heterocycles. The average molecular weight is 390 g/mol. The van der Waals surface area contributed by atoms with Crippen molar-refractivity contribution in [2.45, 2.75) is 19.9 Å². The van der Waals surface area contributed by atoms with E-state index in [1.807, 2.05) is 27.9 Å². The molecule has 0 spiro atoms. The number of carbonyl (C=O) groups is 2. The fourth-order valence-corrected chi connectivity index (χ4v) is 3.23. The van der Waals surface area contributed by atoms with Crippen molar-refractivity contribution in [1.82, 2.24) is 20.4 Å². The topological polar surface area (TPSA) is 67.9 Å². The molecular weight excluding hydrogens is 354 g/mol. The number of carbonyl (C=O) groups excluding carboxylic acids is 2. The van der Waals surface area contributed by atoms with E-state index >= 15 is 0 Å². The highest BCUT2D eigenvalue weighted by Crippen LogP contribution is 2.24. The Labute approximate surface area is 169 Å². The highest BCUT2D eigenvalue weighted by Gasteiger charge is 2.25. The molecule has 2 amide bonds. The standard InChI is InChI=1S/C21H35N5O2/c1-16(2)14-22-20(27)21(28)23-15-19(26-12-10-25(5)11-13-26)17-6-8-18(9-7-17)24(3)4/h6-9,16,19H,10-15H2,1-5H3,(H,22,27)(H,23,28). The molecule has 0 saturated carbocycles. The van der Waals surface area contributed by atoms with Gasteiger partial charge in [0.2, 0.25) is 0 Å². The lowest BCUT2D eigenvalue weighted by molar-refractivity contribution is -0.139. The number of anilines is 1. The number of nitrogens with zero attached hydrogens (tertiary/aromatic N) is 3. The van der Waals surface area contributed by atoms with Crippen molar-refractivity contribution in [2.24, 2.45) is 5.92 Å². The number of piperazine rings is 1. The molecule has 1 unspecified atom stereocenters. The van der Waals surface area contributed by atoms with Crippen LogP contribution in [0.2, 0.25) is 0 Å². The predicted molar refractivity (Wildman–Crippen MR) is 113 cm³/mol. The molecule has 156 valence electrons. The van der Waals surface area contributed by atoms with Crippen molar-refractivity contribution < 1.29 is 9.59 Å². The number of hydrogen-bond acceptors (Lipinski definition) is 5. The van der Waals surface area contributed by atoms with E-state index in [1.165, 1.54) is 0 Å². The number of hydrogen-bond donors (Lipinski definition) is 2. The molecule has 2 rings (SSSR count). The third kappa shape index (κ3) is 6.49. The van der Waals surface area contributed by atoms with Crippen LogP contribution in [0, 0.1) is 5.92 Å². The van der Waals surface area contributed by atoms with Gasteiger partial charge in [-0.1, -0.05) is 26.0 Å². The summed E-state index contributed by atoms with van der Waals surface area (Å²) >= 11 is 0. The fourth-order valence-electron chi connectivity index (χ4n) is 3.23. The summed E-state index contributed by atoms with van der Waals surface area (Å²) in [5.74, 6) is -0.816. The van der Waals surface area contributed by atoms with Gasteiger partial charge in [0, 0.05) is 59.1 Å². The maximum atomic E-state index is 12.2. The van der Waals surface area contributed by atoms with E-state index in [-0.39, 0.29) is 6.04 Å². The van der Waals surface area contributed by atoms with E-state index in [4.69, 9.17) is 0 Å². The summed E-state index contributed by atoms with van der Waals surface area (Å²) in [5.41, 5.74) is 2.29. The molecule has 0 bridgehead atoms. The second kappa shape index (κ2) is 10.4. The Bertz CT molecular complexity index is 637. The lowest BCUT2D eigenvalue weighted by Gasteiger charge is -2.38. The molecule has 7 nitrogen and oxygen atoms in total. The molecule has 1 atom stereocenters. The molecule has 1 aliphatic rings. The molecule has 0 aromatic heterocycles. The Morgan fingerprint density at radius 3 is 2.00 bits per heavy atom. The van der Waals surface area contributed by atoms with Crippen LogP contribution in [0.5, 0.6) is 0 Å². The first-order valence-electron chi connectivity index (χ1n) is 10.0. The first kappa shape index (κ1) is 22.2. The van der Waals surface area contributed by atoms with E-state index in [0.717, 1.165) is 37.4 Å². The lowest BCUT2D eigenvalue weighted by atomic mass is 10.0. The van der Waals surface area contributed by atoms with Gasteiger partial charge in [0.1, 0.15) is 0 Å². The number of rotatable bonds is 7. The summed E-state index contributed by atoms with van der Waals surface area (Å²) in [7, 11) is 6.16. The number of benzene rings is 1. The lowest BCUT2D eigenvalue weighted by Crippen LogP contribution is -2.50. The van der Waals surface area contributed by atoms with Crippen LogP contribution in [0.1, 0.15) is 25.5 Å². The first-order chi connectivity index (χ1) is 13.3. The molecule has 2 N–H and O–H groups in total. The van der Waals surface area contributed by atoms with Gasteiger partial charge in [-0.25, -0.2) is 0 Å². The van der Waals surface area contributed by atoms with Crippen LogP contribution in [-0.4, -0.2) is 82.0 Å². The molecule has 1 aliphatic heterocycles. The van der Waals surface area contributed by atoms with Crippen molar-refractivity contribution in [2.75, 3.05) is 65.3 Å². The zero-order valence-corrected chi connectivity index (χ0v) is 17.9. The van der Waals surface area contributed by atoms with Crippen LogP contribution >= 0.6 is 0 Å². The highest BCUT2D eigenvalue weighted by atomic mass is 16.2. The van der Waals surface area contributed by atoms with E-state index in [2.05, 4.69) is 56.6 Å². The summed E-state index contributed by atoms with van der Waals surface area (Å²) in [5, 5.41) is 5.51. The zero-order valence-electron chi connectivity index (χ0n) is 17.9. The molecular formula is C21H35N5O2. The first-order valence-corrected chi connectivity index (χ1v) is 10.0.